The van der Waals surface area contributed by atoms with Gasteiger partial charge >= 0.3 is 0 Å². The number of methoxy groups -OCH3 is 6. The molecular formula is C87H106N24O6. The zero-order chi connectivity index (χ0) is 83.5. The predicted octanol–water partition coefficient (Wildman–Crippen LogP) is 15.4. The largest absolute Gasteiger partial charge is 0.491 e. The molecule has 12 heterocycles. The number of ether oxygens (including phenoxy) is 6. The van der Waals surface area contributed by atoms with Gasteiger partial charge in [-0.25, -0.2) is 59.8 Å². The number of unbranched alkanes of at least 4 members (excludes halogenated alkanes) is 1. The van der Waals surface area contributed by atoms with Crippen LogP contribution in [0.2, 0.25) is 0 Å². The van der Waals surface area contributed by atoms with E-state index in [9.17, 15) is 0 Å². The molecule has 30 nitrogen and oxygen atoms in total. The van der Waals surface area contributed by atoms with Crippen LogP contribution in [-0.2, 0) is 6.42 Å². The maximum absolute atomic E-state index is 5.35. The fourth-order valence-corrected chi connectivity index (χ4v) is 10.6. The van der Waals surface area contributed by atoms with Gasteiger partial charge < -0.3 is 59.1 Å². The first-order valence-electron chi connectivity index (χ1n) is 38.4. The van der Waals surface area contributed by atoms with Crippen LogP contribution in [0, 0.1) is 5.92 Å². The molecule has 3 N–H and O–H groups in total. The van der Waals surface area contributed by atoms with Gasteiger partial charge in [0, 0.05) is 97.1 Å². The number of pyridine rings is 6. The number of nitrogens with zero attached hydrogens (tertiary/aromatic N) is 21. The highest BCUT2D eigenvalue weighted by atomic mass is 16.5. The molecule has 0 saturated heterocycles. The monoisotopic (exact) mass is 1580 g/mol. The average Bonchev–Trinajstić information content (AvgIpc) is 0.886. The minimum Gasteiger partial charge on any atom is -0.491 e. The molecule has 0 bridgehead atoms. The molecule has 0 atom stereocenters. The molecule has 12 aromatic heterocycles. The minimum atomic E-state index is 0.320. The van der Waals surface area contributed by atoms with Crippen molar-refractivity contribution >= 4 is 34.9 Å². The number of hydrogen-bond acceptors (Lipinski definition) is 30. The summed E-state index contributed by atoms with van der Waals surface area (Å²) in [6, 6.07) is 44.7. The number of hydrogen-bond donors (Lipinski definition) is 3. The summed E-state index contributed by atoms with van der Waals surface area (Å²) in [5, 5.41) is 9.81. The van der Waals surface area contributed by atoms with E-state index < -0.39 is 0 Å². The van der Waals surface area contributed by atoms with Crippen LogP contribution < -0.4 is 59.1 Å². The van der Waals surface area contributed by atoms with Gasteiger partial charge in [-0.2, -0.15) is 0 Å². The van der Waals surface area contributed by atoms with E-state index in [2.05, 4.69) is 171 Å². The van der Waals surface area contributed by atoms with Crippen molar-refractivity contribution in [3.63, 3.8) is 0 Å². The van der Waals surface area contributed by atoms with E-state index >= 15 is 0 Å². The van der Waals surface area contributed by atoms with Crippen LogP contribution in [-0.4, -0.2) is 192 Å². The molecule has 1 aromatic carbocycles. The Morgan fingerprint density at radius 2 is 0.615 bits per heavy atom. The summed E-state index contributed by atoms with van der Waals surface area (Å²) < 4.78 is 31.8. The zero-order valence-corrected chi connectivity index (χ0v) is 69.6. The topological polar surface area (TPSA) is 333 Å². The summed E-state index contributed by atoms with van der Waals surface area (Å²) in [7, 11) is 15.7. The van der Waals surface area contributed by atoms with Gasteiger partial charge in [-0.05, 0) is 124 Å². The van der Waals surface area contributed by atoms with Crippen LogP contribution in [0.25, 0.3) is 69.1 Å². The van der Waals surface area contributed by atoms with E-state index in [1.54, 1.807) is 117 Å². The highest BCUT2D eigenvalue weighted by molar-refractivity contribution is 5.63. The summed E-state index contributed by atoms with van der Waals surface area (Å²) in [5.41, 5.74) is 5.78. The van der Waals surface area contributed by atoms with Gasteiger partial charge in [0.2, 0.25) is 0 Å². The predicted molar refractivity (Wildman–Crippen MR) is 462 cm³/mol. The van der Waals surface area contributed by atoms with Crippen LogP contribution in [0.15, 0.2) is 214 Å². The fourth-order valence-electron chi connectivity index (χ4n) is 10.6. The van der Waals surface area contributed by atoms with Gasteiger partial charge in [0.15, 0.2) is 104 Å². The van der Waals surface area contributed by atoms with Gasteiger partial charge in [-0.1, -0.05) is 101 Å². The molecule has 0 amide bonds. The summed E-state index contributed by atoms with van der Waals surface area (Å²) in [6.07, 6.45) is 24.6. The number of benzene rings is 1. The van der Waals surface area contributed by atoms with E-state index in [1.807, 2.05) is 158 Å². The average molecular weight is 1580 g/mol. The Kier molecular flexibility index (Phi) is 36.6. The molecule has 0 aliphatic rings. The number of nitrogens with one attached hydrogen (secondary N) is 3. The zero-order valence-electron chi connectivity index (χ0n) is 69.6. The van der Waals surface area contributed by atoms with Gasteiger partial charge in [0.05, 0.1) is 79.8 Å². The lowest BCUT2D eigenvalue weighted by Gasteiger charge is -2.24. The summed E-state index contributed by atoms with van der Waals surface area (Å²) >= 11 is 0. The van der Waals surface area contributed by atoms with E-state index in [-0.39, 0.29) is 0 Å². The fraction of sp³-hybridized carbons (Fsp3) is 0.310. The Morgan fingerprint density at radius 1 is 0.316 bits per heavy atom. The molecular weight excluding hydrogens is 1480 g/mol. The summed E-state index contributed by atoms with van der Waals surface area (Å²) in [6.45, 7) is 19.1. The molecule has 13 aromatic rings. The standard InChI is InChI=1S/C18H18N4O.C15H20N4O.2C14H18N4O.2C13H16N4O/c1-23-16-13-21-17(15-9-5-6-11-19-15)22-18(16)20-12-10-14-7-3-2-4-8-14;1-11(2)10-19(3)15-13(20-4)9-17-14(18-15)12-7-5-6-8-16-12;1-10(2)18(3)14-12(19-4)9-16-13(17-14)11-7-5-6-8-15-11;1-3-4-8-16-14-12(19-2)10-17-13(18-14)11-7-5-6-9-15-11;1-4-17(2)13-11(18-3)9-15-12(16-13)10-7-5-6-8-14-10;1-3-7-15-13-11(18-2)9-16-12(17-13)10-6-4-5-8-14-10/h2-9,11,13H,10,12H2,1H3,(H,20,21,22);5-9,11H,10H2,1-4H3;5-10H,1-4H3;5-7,9-10H,3-4,8H2,1-2H3,(H,16,17,18);5-9H,4H2,1-3H3;4-6,8-9H,3,7H2,1-2H3,(H,15,16,17). The van der Waals surface area contributed by atoms with Crippen LogP contribution >= 0.6 is 0 Å². The van der Waals surface area contributed by atoms with Crippen molar-refractivity contribution in [2.24, 2.45) is 5.92 Å². The van der Waals surface area contributed by atoms with Gasteiger partial charge in [-0.3, -0.25) is 29.9 Å². The Morgan fingerprint density at radius 3 is 0.915 bits per heavy atom. The van der Waals surface area contributed by atoms with Crippen molar-refractivity contribution in [1.29, 1.82) is 0 Å². The van der Waals surface area contributed by atoms with Gasteiger partial charge in [0.25, 0.3) is 0 Å². The highest BCUT2D eigenvalue weighted by Crippen LogP contribution is 2.32. The molecule has 30 heteroatoms. The highest BCUT2D eigenvalue weighted by Gasteiger charge is 2.20. The molecule has 0 saturated carbocycles. The van der Waals surface area contributed by atoms with Crippen molar-refractivity contribution in [3.8, 4) is 104 Å². The van der Waals surface area contributed by atoms with Crippen LogP contribution in [0.3, 0.4) is 0 Å². The van der Waals surface area contributed by atoms with Crippen molar-refractivity contribution < 1.29 is 28.4 Å². The Hall–Kier alpha value is -13.8. The van der Waals surface area contributed by atoms with Crippen molar-refractivity contribution in [3.05, 3.63) is 219 Å². The molecule has 117 heavy (non-hydrogen) atoms. The van der Waals surface area contributed by atoms with Crippen LogP contribution in [0.5, 0.6) is 34.5 Å². The lowest BCUT2D eigenvalue weighted by molar-refractivity contribution is 0.410. The minimum absolute atomic E-state index is 0.320. The second kappa shape index (κ2) is 48.3. The third kappa shape index (κ3) is 27.5. The van der Waals surface area contributed by atoms with Gasteiger partial charge in [0.1, 0.15) is 34.2 Å². The first-order chi connectivity index (χ1) is 57.1. The second-order valence-electron chi connectivity index (χ2n) is 26.2. The Balaban J connectivity index is 0.000000176. The second-order valence-corrected chi connectivity index (χ2v) is 26.2. The van der Waals surface area contributed by atoms with Crippen LogP contribution in [0.4, 0.5) is 34.9 Å². The molecule has 0 spiro atoms. The maximum Gasteiger partial charge on any atom is 0.180 e. The molecule has 0 fully saturated rings. The first-order valence-corrected chi connectivity index (χ1v) is 38.4. The lowest BCUT2D eigenvalue weighted by atomic mass is 10.1. The summed E-state index contributed by atoms with van der Waals surface area (Å²) in [4.78, 5) is 84.5. The molecule has 13 rings (SSSR count). The number of anilines is 6. The lowest BCUT2D eigenvalue weighted by Crippen LogP contribution is -2.27. The van der Waals surface area contributed by atoms with E-state index in [0.29, 0.717) is 98.9 Å². The third-order valence-electron chi connectivity index (χ3n) is 17.0. The van der Waals surface area contributed by atoms with Gasteiger partial charge in [-0.15, -0.1) is 0 Å². The van der Waals surface area contributed by atoms with Crippen molar-refractivity contribution in [2.45, 2.75) is 80.2 Å². The third-order valence-corrected chi connectivity index (χ3v) is 17.0. The Labute approximate surface area is 686 Å². The van der Waals surface area contributed by atoms with E-state index in [1.165, 1.54) is 5.56 Å². The number of aromatic nitrogens is 18. The van der Waals surface area contributed by atoms with E-state index in [0.717, 1.165) is 110 Å². The number of rotatable bonds is 30. The summed E-state index contributed by atoms with van der Waals surface area (Å²) in [5.74, 6) is 12.5. The maximum atomic E-state index is 5.35. The molecule has 0 radical (unpaired) electrons. The van der Waals surface area contributed by atoms with Crippen molar-refractivity contribution in [2.75, 3.05) is 127 Å². The first kappa shape index (κ1) is 88.8. The van der Waals surface area contributed by atoms with Crippen molar-refractivity contribution in [1.82, 2.24) is 89.7 Å². The molecule has 0 unspecified atom stereocenters. The smallest absolute Gasteiger partial charge is 0.180 e. The van der Waals surface area contributed by atoms with Crippen LogP contribution in [0.1, 0.15) is 73.3 Å². The van der Waals surface area contributed by atoms with E-state index in [4.69, 9.17) is 28.4 Å². The molecule has 0 aliphatic carbocycles. The quantitative estimate of drug-likeness (QED) is 0.0352. The normalized spacial score (nSPS) is 10.3. The molecule has 0 aliphatic heterocycles. The SMILES string of the molecule is CCCCNc1nc(-c2ccccn2)ncc1OC.CCCNc1nc(-c2ccccn2)ncc1OC.CCN(C)c1nc(-c2ccccn2)ncc1OC.COc1cnc(-c2ccccn2)nc1N(C)C(C)C.COc1cnc(-c2ccccn2)nc1N(C)CC(C)C.COc1cnc(-c2ccccn2)nc1NCCc1ccccc1. The molecule has 610 valence electrons. The Bertz CT molecular complexity index is 4990.